The molecule has 15 aromatic carbocycles. The van der Waals surface area contributed by atoms with Crippen LogP contribution in [0.2, 0.25) is 0 Å². The minimum atomic E-state index is 1.08. The molecule has 0 radical (unpaired) electrons. The van der Waals surface area contributed by atoms with Gasteiger partial charge in [-0.25, -0.2) is 0 Å². The van der Waals surface area contributed by atoms with Gasteiger partial charge in [0.05, 0.1) is 15.0 Å². The van der Waals surface area contributed by atoms with Gasteiger partial charge in [-0.2, -0.15) is 0 Å². The number of aromatic nitrogens is 2. The maximum atomic E-state index is 3.61. The van der Waals surface area contributed by atoms with Crippen LogP contribution in [-0.2, 0) is 0 Å². The molecule has 2 N–H and O–H groups in total. The summed E-state index contributed by atoms with van der Waals surface area (Å²) in [5, 5.41) is 16.5. The van der Waals surface area contributed by atoms with Gasteiger partial charge in [0, 0.05) is 141 Å². The second-order valence-corrected chi connectivity index (χ2v) is 38.0. The molecule has 0 spiro atoms. The monoisotopic (exact) mass is 1790 g/mol. The average Bonchev–Trinajstić information content (AvgIpc) is 1.62. The van der Waals surface area contributed by atoms with E-state index in [9.17, 15) is 0 Å². The van der Waals surface area contributed by atoms with E-state index in [0.29, 0.717) is 0 Å². The summed E-state index contributed by atoms with van der Waals surface area (Å²) in [5.74, 6) is 2.16. The first kappa shape index (κ1) is 84.8. The van der Waals surface area contributed by atoms with Crippen molar-refractivity contribution in [1.82, 2.24) is 9.97 Å². The molecule has 0 saturated heterocycles. The number of nitrogens with zero attached hydrogens (tertiary/aromatic N) is 5. The van der Waals surface area contributed by atoms with Gasteiger partial charge in [0.25, 0.3) is 0 Å². The van der Waals surface area contributed by atoms with Crippen LogP contribution in [0.4, 0.5) is 55.1 Å². The molecule has 23 aromatic rings. The first-order valence-electron chi connectivity index (χ1n) is 43.4. The van der Waals surface area contributed by atoms with Crippen molar-refractivity contribution in [3.05, 3.63) is 461 Å². The number of hydrogen-bond donors (Lipinski definition) is 2. The number of thiophene rings is 6. The molecule has 0 fully saturated rings. The lowest BCUT2D eigenvalue weighted by Crippen LogP contribution is -2.10. The Kier molecular flexibility index (Phi) is 25.9. The van der Waals surface area contributed by atoms with E-state index in [1.54, 1.807) is 0 Å². The summed E-state index contributed by atoms with van der Waals surface area (Å²) in [4.78, 5) is 30.2. The highest BCUT2D eigenvalue weighted by Crippen LogP contribution is 2.47. The third kappa shape index (κ3) is 19.0. The predicted molar refractivity (Wildman–Crippen MR) is 572 cm³/mol. The quantitative estimate of drug-likeness (QED) is 0.0897. The molecule has 0 atom stereocenters. The zero-order valence-corrected chi connectivity index (χ0v) is 77.5. The molecule has 130 heavy (non-hydrogen) atoms. The Morgan fingerprint density at radius 3 is 0.831 bits per heavy atom. The van der Waals surface area contributed by atoms with Gasteiger partial charge in [0.15, 0.2) is 0 Å². The Morgan fingerprint density at radius 2 is 0.431 bits per heavy atom. The highest BCUT2D eigenvalue weighted by atomic mass is 32.1. The summed E-state index contributed by atoms with van der Waals surface area (Å²) in [6, 6.07) is 163. The van der Waals surface area contributed by atoms with Gasteiger partial charge in [0.1, 0.15) is 11.6 Å². The number of rotatable bonds is 18. The van der Waals surface area contributed by atoms with Crippen LogP contribution in [0.15, 0.2) is 461 Å². The Hall–Kier alpha value is -14.6. The van der Waals surface area contributed by atoms with Crippen molar-refractivity contribution in [3.63, 3.8) is 0 Å². The van der Waals surface area contributed by atoms with E-state index < -0.39 is 0 Å². The number of aromatic amines is 2. The molecule has 0 amide bonds. The zero-order chi connectivity index (χ0) is 88.1. The Morgan fingerprint density at radius 1 is 0.169 bits per heavy atom. The Balaban J connectivity index is 0.000000106. The van der Waals surface area contributed by atoms with Crippen molar-refractivity contribution in [2.45, 2.75) is 0 Å². The number of anilines is 10. The lowest BCUT2D eigenvalue weighted by Gasteiger charge is -2.20. The molecule has 0 unspecified atom stereocenters. The van der Waals surface area contributed by atoms with Gasteiger partial charge in [-0.15, -0.1) is 68.0 Å². The second-order valence-electron chi connectivity index (χ2n) is 31.5. The van der Waals surface area contributed by atoms with E-state index in [1.165, 1.54) is 169 Å². The summed E-state index contributed by atoms with van der Waals surface area (Å²) in [6.07, 6.45) is 0. The molecule has 13 heteroatoms. The van der Waals surface area contributed by atoms with Crippen LogP contribution in [-0.4, -0.2) is 45.2 Å². The van der Waals surface area contributed by atoms with Crippen molar-refractivity contribution in [2.75, 3.05) is 59.7 Å². The van der Waals surface area contributed by atoms with Crippen LogP contribution in [0.1, 0.15) is 0 Å². The molecular weight excluding hydrogens is 1700 g/mol. The van der Waals surface area contributed by atoms with Crippen molar-refractivity contribution < 1.29 is 0 Å². The molecular formula is C117H93N7S6. The van der Waals surface area contributed by atoms with E-state index in [0.717, 1.165) is 23.0 Å². The minimum absolute atomic E-state index is 1.08. The van der Waals surface area contributed by atoms with Crippen molar-refractivity contribution in [3.8, 4) is 83.1 Å². The van der Waals surface area contributed by atoms with Crippen LogP contribution in [0.3, 0.4) is 0 Å². The van der Waals surface area contributed by atoms with E-state index in [4.69, 9.17) is 0 Å². The molecule has 0 bridgehead atoms. The molecule has 0 aliphatic heterocycles. The molecule has 0 aliphatic rings. The first-order valence-corrected chi connectivity index (χ1v) is 48.3. The number of hydrogen-bond acceptors (Lipinski definition) is 11. The van der Waals surface area contributed by atoms with Crippen LogP contribution >= 0.6 is 68.0 Å². The number of para-hydroxylation sites is 3. The SMILES string of the molecule is CN(c1ccc(-c2ccc(-c3ccccc3)s2)s1)c1cccc2ccccc12.CN(c1ccc(-c2cccc3ccccc23)[nH]1)c1cccc2ccccc12.CN(c1ccccc1)c1ccc(-c2ccc(-c3cccc4ccccc34)s2)s1.CN(c1ccccc1)c1ccc(-c2ccc(-c3ccccc3)s2)s1.CN(c1ccccc1)c1ccc(-c2cccc3ccccc23)[nH]1. The van der Waals surface area contributed by atoms with Gasteiger partial charge in [-0.05, 0) is 205 Å². The second kappa shape index (κ2) is 39.7. The van der Waals surface area contributed by atoms with Crippen LogP contribution in [0, 0.1) is 0 Å². The number of nitrogens with one attached hydrogen (secondary N) is 2. The Labute approximate surface area is 784 Å². The minimum Gasteiger partial charge on any atom is -0.341 e. The van der Waals surface area contributed by atoms with Gasteiger partial charge < -0.3 is 34.5 Å². The highest BCUT2D eigenvalue weighted by Gasteiger charge is 2.19. The summed E-state index contributed by atoms with van der Waals surface area (Å²) in [6.45, 7) is 0. The van der Waals surface area contributed by atoms with Crippen molar-refractivity contribution >= 4 is 177 Å². The topological polar surface area (TPSA) is 47.8 Å². The summed E-state index contributed by atoms with van der Waals surface area (Å²) in [7, 11) is 10.6. The fourth-order valence-electron chi connectivity index (χ4n) is 16.4. The van der Waals surface area contributed by atoms with Gasteiger partial charge >= 0.3 is 0 Å². The van der Waals surface area contributed by atoms with E-state index in [-0.39, 0.29) is 0 Å². The average molecular weight is 1790 g/mol. The fraction of sp³-hybridized carbons (Fsp3) is 0.0427. The van der Waals surface area contributed by atoms with E-state index >= 15 is 0 Å². The summed E-state index contributed by atoms with van der Waals surface area (Å²) >= 11 is 11.1. The third-order valence-electron chi connectivity index (χ3n) is 23.4. The number of H-pyrrole nitrogens is 2. The van der Waals surface area contributed by atoms with Crippen LogP contribution in [0.5, 0.6) is 0 Å². The van der Waals surface area contributed by atoms with Crippen LogP contribution in [0.25, 0.3) is 137 Å². The maximum Gasteiger partial charge on any atom is 0.110 e. The zero-order valence-electron chi connectivity index (χ0n) is 72.6. The normalized spacial score (nSPS) is 11.0. The molecule has 8 aromatic heterocycles. The molecule has 0 aliphatic carbocycles. The van der Waals surface area contributed by atoms with Gasteiger partial charge in [-0.1, -0.05) is 315 Å². The number of fused-ring (bicyclic) bond motifs is 5. The third-order valence-corrected chi connectivity index (χ3v) is 30.9. The standard InChI is InChI=1S/C25H20N2.2C25H19NS2.C21H18N2.C21H17NS2/c1-27(24-15-7-11-19-9-3-5-13-21(19)24)25-17-16-23(26-25)22-14-6-10-18-8-2-4-12-20(18)22;1-26(19-10-3-2-4-11-19)25-17-16-24(28-25)23-15-14-22(27-23)21-13-7-9-18-8-5-6-12-20(18)21;1-26(21-13-7-11-18-8-5-6-12-20(18)21)25-17-16-24(28-25)23-15-14-22(27-23)19-9-3-2-4-10-19;1-23(17-10-3-2-4-11-17)21-15-14-20(22-21)19-13-7-9-16-8-5-6-12-18(16)19;1-22(17-10-6-3-7-11-17)21-15-14-20(24-21)19-13-12-18(23-19)16-8-4-2-5-9-16/h2-17,26H,1H3;2*2-17H,1H3;2-15,22H,1H3;2-15H,1H3. The first-order chi connectivity index (χ1) is 64.0. The lowest BCUT2D eigenvalue weighted by atomic mass is 10.0. The van der Waals surface area contributed by atoms with Crippen molar-refractivity contribution in [1.29, 1.82) is 0 Å². The van der Waals surface area contributed by atoms with Crippen LogP contribution < -0.4 is 24.5 Å². The lowest BCUT2D eigenvalue weighted by molar-refractivity contribution is 1.15. The predicted octanol–water partition coefficient (Wildman–Crippen LogP) is 35.4. The smallest absolute Gasteiger partial charge is 0.110 e. The molecule has 7 nitrogen and oxygen atoms in total. The fourth-order valence-corrected chi connectivity index (χ4v) is 22.7. The van der Waals surface area contributed by atoms with E-state index in [1.807, 2.05) is 80.2 Å². The van der Waals surface area contributed by atoms with Gasteiger partial charge in [0.2, 0.25) is 0 Å². The van der Waals surface area contributed by atoms with E-state index in [2.05, 4.69) is 519 Å². The number of benzene rings is 15. The summed E-state index contributed by atoms with van der Waals surface area (Å²) in [5.41, 5.74) is 14.6. The molecule has 8 heterocycles. The molecule has 0 saturated carbocycles. The van der Waals surface area contributed by atoms with Crippen molar-refractivity contribution in [2.24, 2.45) is 0 Å². The Bertz CT molecular complexity index is 7660. The summed E-state index contributed by atoms with van der Waals surface area (Å²) < 4.78 is 0. The maximum absolute atomic E-state index is 3.61. The molecule has 632 valence electrons. The highest BCUT2D eigenvalue weighted by molar-refractivity contribution is 7.27. The molecule has 23 rings (SSSR count). The largest absolute Gasteiger partial charge is 0.341 e. The van der Waals surface area contributed by atoms with Gasteiger partial charge in [-0.3, -0.25) is 0 Å².